The molecular weight excluding hydrogens is 325 g/mol. The van der Waals surface area contributed by atoms with Gasteiger partial charge in [0.05, 0.1) is 0 Å². The Balaban J connectivity index is -0.0000000450. The van der Waals surface area contributed by atoms with Gasteiger partial charge in [0.25, 0.3) is 0 Å². The summed E-state index contributed by atoms with van der Waals surface area (Å²) in [4.78, 5) is 0. The average Bonchev–Trinajstić information content (AvgIpc) is 0.811. The standard InChI is InChI=1S/CH4N2S.Au.Fe/c2-1(3)4;;/h(H4,2,3,4);;. The van der Waals surface area contributed by atoms with Crippen molar-refractivity contribution in [3.8, 4) is 0 Å². The third kappa shape index (κ3) is 85.6. The minimum absolute atomic E-state index is 0. The van der Waals surface area contributed by atoms with Crippen molar-refractivity contribution in [1.29, 1.82) is 0 Å². The first kappa shape index (κ1) is 15.8. The maximum atomic E-state index is 4.62. The fourth-order valence-corrected chi connectivity index (χ4v) is 0. The molecule has 0 saturated heterocycles. The molecule has 6 heavy (non-hydrogen) atoms. The zero-order chi connectivity index (χ0) is 3.58. The zero-order valence-corrected chi connectivity index (χ0v) is 6.81. The van der Waals surface area contributed by atoms with Crippen molar-refractivity contribution >= 4 is 17.3 Å². The van der Waals surface area contributed by atoms with Crippen LogP contribution in [0.4, 0.5) is 0 Å². The van der Waals surface area contributed by atoms with Crippen LogP contribution >= 0.6 is 12.2 Å². The van der Waals surface area contributed by atoms with Crippen LogP contribution in [0.3, 0.4) is 0 Å². The van der Waals surface area contributed by atoms with E-state index in [1.165, 1.54) is 0 Å². The van der Waals surface area contributed by atoms with E-state index in [0.29, 0.717) is 0 Å². The van der Waals surface area contributed by atoms with E-state index in [1.807, 2.05) is 0 Å². The van der Waals surface area contributed by atoms with Crippen LogP contribution in [0.2, 0.25) is 0 Å². The summed E-state index contributed by atoms with van der Waals surface area (Å²) in [6.07, 6.45) is 0. The predicted molar refractivity (Wildman–Crippen MR) is 21.0 cm³/mol. The van der Waals surface area contributed by atoms with Crippen LogP contribution in [0.5, 0.6) is 0 Å². The maximum Gasteiger partial charge on any atom is 0.160 e. The Morgan fingerprint density at radius 3 is 1.33 bits per heavy atom. The number of rotatable bonds is 0. The second-order valence-corrected chi connectivity index (χ2v) is 0.874. The molecule has 0 unspecified atom stereocenters. The van der Waals surface area contributed by atoms with Gasteiger partial charge in [-0.15, -0.1) is 0 Å². The van der Waals surface area contributed by atoms with E-state index >= 15 is 0 Å². The number of thiocarbonyl (C=S) groups is 1. The van der Waals surface area contributed by atoms with Crippen LogP contribution in [0.25, 0.3) is 0 Å². The van der Waals surface area contributed by atoms with Crippen molar-refractivity contribution < 1.29 is 39.4 Å². The molecular formula is CH4AuFeN2S. The van der Waals surface area contributed by atoms with Crippen molar-refractivity contribution in [1.82, 2.24) is 0 Å². The third-order valence-corrected chi connectivity index (χ3v) is 0. The quantitative estimate of drug-likeness (QED) is 0.451. The van der Waals surface area contributed by atoms with E-state index in [-0.39, 0.29) is 44.6 Å². The molecule has 0 spiro atoms. The molecule has 0 amide bonds. The summed E-state index contributed by atoms with van der Waals surface area (Å²) in [6, 6.07) is 0. The molecule has 4 N–H and O–H groups in total. The van der Waals surface area contributed by atoms with Crippen LogP contribution in [0, 0.1) is 0 Å². The molecule has 43 valence electrons. The fourth-order valence-electron chi connectivity index (χ4n) is 0. The number of hydrogen-bond acceptors (Lipinski definition) is 1. The van der Waals surface area contributed by atoms with Gasteiger partial charge in [-0.05, 0) is 12.2 Å². The molecule has 1 radical (unpaired) electrons. The summed E-state index contributed by atoms with van der Waals surface area (Å²) in [5.74, 6) is 0. The summed E-state index contributed by atoms with van der Waals surface area (Å²) in [6.45, 7) is 0. The first-order valence-corrected chi connectivity index (χ1v) is 1.19. The summed E-state index contributed by atoms with van der Waals surface area (Å²) >= 11 is 4.09. The van der Waals surface area contributed by atoms with Gasteiger partial charge in [0.15, 0.2) is 5.11 Å². The molecule has 0 heterocycles. The zero-order valence-electron chi connectivity index (χ0n) is 2.72. The Morgan fingerprint density at radius 2 is 1.33 bits per heavy atom. The van der Waals surface area contributed by atoms with E-state index in [9.17, 15) is 0 Å². The SMILES string of the molecule is NC(N)=S.[Au].[Fe]. The van der Waals surface area contributed by atoms with Crippen LogP contribution in [-0.2, 0) is 39.4 Å². The Bertz CT molecular complexity index is 36.5. The summed E-state index contributed by atoms with van der Waals surface area (Å²) < 4.78 is 0. The van der Waals surface area contributed by atoms with Crippen LogP contribution in [0.15, 0.2) is 0 Å². The predicted octanol–water partition coefficient (Wildman–Crippen LogP) is -0.816. The molecule has 0 aliphatic rings. The van der Waals surface area contributed by atoms with E-state index in [1.54, 1.807) is 0 Å². The molecule has 0 fully saturated rings. The van der Waals surface area contributed by atoms with Crippen LogP contribution in [0.1, 0.15) is 0 Å². The Hall–Kier alpha value is 0.950. The second kappa shape index (κ2) is 9.34. The summed E-state index contributed by atoms with van der Waals surface area (Å²) in [5, 5.41) is 0.000000000000000222. The fraction of sp³-hybridized carbons (Fsp3) is 0. The minimum atomic E-state index is 0. The molecule has 0 rings (SSSR count). The van der Waals surface area contributed by atoms with Crippen LogP contribution < -0.4 is 11.5 Å². The molecule has 0 aliphatic carbocycles. The summed E-state index contributed by atoms with van der Waals surface area (Å²) in [5.41, 5.74) is 9.24. The average molecular weight is 329 g/mol. The van der Waals surface area contributed by atoms with Gasteiger partial charge in [-0.2, -0.15) is 0 Å². The molecule has 5 heteroatoms. The van der Waals surface area contributed by atoms with Crippen molar-refractivity contribution in [2.75, 3.05) is 0 Å². The maximum absolute atomic E-state index is 4.62. The van der Waals surface area contributed by atoms with Gasteiger partial charge in [-0.25, -0.2) is 0 Å². The monoisotopic (exact) mass is 329 g/mol. The van der Waals surface area contributed by atoms with Gasteiger partial charge in [-0.1, -0.05) is 0 Å². The summed E-state index contributed by atoms with van der Waals surface area (Å²) in [7, 11) is 0. The van der Waals surface area contributed by atoms with E-state index in [4.69, 9.17) is 0 Å². The normalized spacial score (nSPS) is 4.00. The first-order chi connectivity index (χ1) is 1.73. The Kier molecular flexibility index (Phi) is 24.6. The Labute approximate surface area is 68.0 Å². The molecule has 0 aliphatic heterocycles. The van der Waals surface area contributed by atoms with Crippen LogP contribution in [-0.4, -0.2) is 5.11 Å². The minimum Gasteiger partial charge on any atom is -0.377 e. The van der Waals surface area contributed by atoms with E-state index < -0.39 is 0 Å². The molecule has 0 saturated carbocycles. The number of nitrogens with two attached hydrogens (primary N) is 2. The van der Waals surface area contributed by atoms with Crippen molar-refractivity contribution in [2.45, 2.75) is 0 Å². The molecule has 2 nitrogen and oxygen atoms in total. The topological polar surface area (TPSA) is 52.0 Å². The smallest absolute Gasteiger partial charge is 0.160 e. The molecule has 0 aromatic carbocycles. The van der Waals surface area contributed by atoms with Gasteiger partial charge in [-0.3, -0.25) is 0 Å². The molecule has 0 aromatic rings. The van der Waals surface area contributed by atoms with Gasteiger partial charge < -0.3 is 11.5 Å². The van der Waals surface area contributed by atoms with Gasteiger partial charge in [0.2, 0.25) is 0 Å². The van der Waals surface area contributed by atoms with Crippen molar-refractivity contribution in [3.05, 3.63) is 0 Å². The van der Waals surface area contributed by atoms with Gasteiger partial charge in [0, 0.05) is 39.4 Å². The second-order valence-electron chi connectivity index (χ2n) is 0.402. The van der Waals surface area contributed by atoms with E-state index in [0.717, 1.165) is 0 Å². The third-order valence-electron chi connectivity index (χ3n) is 0. The Morgan fingerprint density at radius 1 is 1.33 bits per heavy atom. The van der Waals surface area contributed by atoms with Crippen molar-refractivity contribution in [2.24, 2.45) is 11.5 Å². The molecule has 0 bridgehead atoms. The molecule has 0 aromatic heterocycles. The van der Waals surface area contributed by atoms with Gasteiger partial charge in [0.1, 0.15) is 0 Å². The van der Waals surface area contributed by atoms with Gasteiger partial charge >= 0.3 is 0 Å². The van der Waals surface area contributed by atoms with E-state index in [2.05, 4.69) is 23.7 Å². The number of hydrogen-bond donors (Lipinski definition) is 2. The van der Waals surface area contributed by atoms with Crippen molar-refractivity contribution in [3.63, 3.8) is 0 Å². The largest absolute Gasteiger partial charge is 0.377 e. The molecule has 0 atom stereocenters. The first-order valence-electron chi connectivity index (χ1n) is 0.781.